The fourth-order valence-corrected chi connectivity index (χ4v) is 3.32. The van der Waals surface area contributed by atoms with Gasteiger partial charge in [0, 0.05) is 32.6 Å². The molecule has 2 aromatic carbocycles. The number of carbonyl (C=O) groups excluding carboxylic acids is 1. The zero-order chi connectivity index (χ0) is 21.8. The molecule has 1 N–H and O–H groups in total. The van der Waals surface area contributed by atoms with E-state index in [-0.39, 0.29) is 22.8 Å². The van der Waals surface area contributed by atoms with E-state index in [4.69, 9.17) is 4.74 Å². The van der Waals surface area contributed by atoms with Gasteiger partial charge in [-0.05, 0) is 29.8 Å². The van der Waals surface area contributed by atoms with Crippen LogP contribution in [0, 0.1) is 5.82 Å². The monoisotopic (exact) mass is 420 g/mol. The lowest BCUT2D eigenvalue weighted by molar-refractivity contribution is 0.0936. The van der Waals surface area contributed by atoms with Gasteiger partial charge in [-0.3, -0.25) is 9.59 Å². The van der Waals surface area contributed by atoms with Crippen molar-refractivity contribution in [1.29, 1.82) is 0 Å². The zero-order valence-electron chi connectivity index (χ0n) is 16.9. The minimum atomic E-state index is -0.354. The number of para-hydroxylation sites is 1. The van der Waals surface area contributed by atoms with E-state index in [0.717, 1.165) is 5.56 Å². The summed E-state index contributed by atoms with van der Waals surface area (Å²) in [5, 5.41) is 7.22. The average molecular weight is 420 g/mol. The lowest BCUT2D eigenvalue weighted by Gasteiger charge is -2.13. The molecular formula is C23H21FN4O3. The SMILES string of the molecule is COCCNC(=O)c1cn(Cc2ccc(F)cc2)cc2c(=O)n(-c3ccccc3)nc1-2. The molecule has 2 heterocycles. The molecule has 0 saturated carbocycles. The molecule has 2 aliphatic rings. The molecular weight excluding hydrogens is 399 g/mol. The number of nitrogens with one attached hydrogen (secondary N) is 1. The predicted molar refractivity (Wildman–Crippen MR) is 114 cm³/mol. The molecule has 0 unspecified atom stereocenters. The van der Waals surface area contributed by atoms with E-state index in [0.29, 0.717) is 36.6 Å². The van der Waals surface area contributed by atoms with Gasteiger partial charge in [0.1, 0.15) is 11.5 Å². The number of nitrogens with zero attached hydrogens (tertiary/aromatic N) is 3. The Hall–Kier alpha value is -3.78. The number of halogens is 1. The van der Waals surface area contributed by atoms with Crippen LogP contribution >= 0.6 is 0 Å². The van der Waals surface area contributed by atoms with Crippen molar-refractivity contribution in [2.75, 3.05) is 20.3 Å². The van der Waals surface area contributed by atoms with Crippen LogP contribution in [0.4, 0.5) is 4.39 Å². The third kappa shape index (κ3) is 4.39. The van der Waals surface area contributed by atoms with Crippen molar-refractivity contribution < 1.29 is 13.9 Å². The number of hydrogen-bond acceptors (Lipinski definition) is 4. The highest BCUT2D eigenvalue weighted by atomic mass is 19.1. The number of rotatable bonds is 7. The van der Waals surface area contributed by atoms with Crippen molar-refractivity contribution in [2.45, 2.75) is 6.54 Å². The summed E-state index contributed by atoms with van der Waals surface area (Å²) in [6.07, 6.45) is 3.31. The maximum absolute atomic E-state index is 13.2. The van der Waals surface area contributed by atoms with Gasteiger partial charge in [-0.25, -0.2) is 4.39 Å². The lowest BCUT2D eigenvalue weighted by Crippen LogP contribution is -2.28. The Morgan fingerprint density at radius 1 is 1.10 bits per heavy atom. The van der Waals surface area contributed by atoms with Crippen LogP contribution in [0.25, 0.3) is 16.9 Å². The molecule has 158 valence electrons. The van der Waals surface area contributed by atoms with E-state index in [9.17, 15) is 14.0 Å². The van der Waals surface area contributed by atoms with Gasteiger partial charge < -0.3 is 14.6 Å². The summed E-state index contributed by atoms with van der Waals surface area (Å²) in [7, 11) is 1.55. The minimum Gasteiger partial charge on any atom is -0.383 e. The van der Waals surface area contributed by atoms with Crippen molar-refractivity contribution in [3.8, 4) is 16.9 Å². The summed E-state index contributed by atoms with van der Waals surface area (Å²) in [4.78, 5) is 26.0. The predicted octanol–water partition coefficient (Wildman–Crippen LogP) is 2.70. The van der Waals surface area contributed by atoms with Crippen molar-refractivity contribution in [1.82, 2.24) is 19.7 Å². The van der Waals surface area contributed by atoms with E-state index >= 15 is 0 Å². The van der Waals surface area contributed by atoms with Crippen LogP contribution in [0.2, 0.25) is 0 Å². The van der Waals surface area contributed by atoms with Gasteiger partial charge in [-0.2, -0.15) is 9.78 Å². The van der Waals surface area contributed by atoms with Gasteiger partial charge in [0.15, 0.2) is 0 Å². The molecule has 0 aromatic heterocycles. The molecule has 0 spiro atoms. The van der Waals surface area contributed by atoms with Gasteiger partial charge in [-0.15, -0.1) is 0 Å². The highest BCUT2D eigenvalue weighted by molar-refractivity contribution is 5.99. The standard InChI is InChI=1S/C23H21FN4O3/c1-31-12-11-25-22(29)19-14-27(13-16-7-9-17(24)10-8-16)15-20-21(19)26-28(23(20)30)18-5-3-2-4-6-18/h2-10,14-15H,11-13H2,1H3,(H,25,29). The Morgan fingerprint density at radius 3 is 2.55 bits per heavy atom. The van der Waals surface area contributed by atoms with Crippen LogP contribution in [-0.4, -0.2) is 40.5 Å². The highest BCUT2D eigenvalue weighted by Gasteiger charge is 2.24. The second-order valence-corrected chi connectivity index (χ2v) is 7.03. The number of pyridine rings is 1. The Bertz CT molecular complexity index is 1220. The van der Waals surface area contributed by atoms with E-state index in [2.05, 4.69) is 10.4 Å². The first kappa shape index (κ1) is 20.5. The largest absolute Gasteiger partial charge is 0.383 e. The van der Waals surface area contributed by atoms with Crippen molar-refractivity contribution in [2.24, 2.45) is 0 Å². The van der Waals surface area contributed by atoms with E-state index in [1.807, 2.05) is 18.2 Å². The summed E-state index contributed by atoms with van der Waals surface area (Å²) in [6, 6.07) is 15.1. The van der Waals surface area contributed by atoms with E-state index in [1.54, 1.807) is 48.3 Å². The van der Waals surface area contributed by atoms with Crippen LogP contribution in [0.3, 0.4) is 0 Å². The van der Waals surface area contributed by atoms with Crippen LogP contribution in [0.15, 0.2) is 71.8 Å². The van der Waals surface area contributed by atoms with Crippen molar-refractivity contribution in [3.05, 3.63) is 94.3 Å². The molecule has 0 radical (unpaired) electrons. The number of aromatic nitrogens is 3. The van der Waals surface area contributed by atoms with Crippen molar-refractivity contribution >= 4 is 5.91 Å². The fourth-order valence-electron chi connectivity index (χ4n) is 3.32. The first-order chi connectivity index (χ1) is 15.1. The summed E-state index contributed by atoms with van der Waals surface area (Å²) < 4.78 is 21.3. The number of benzene rings is 2. The molecule has 0 saturated heterocycles. The van der Waals surface area contributed by atoms with Crippen LogP contribution in [0.5, 0.6) is 0 Å². The number of methoxy groups -OCH3 is 1. The van der Waals surface area contributed by atoms with Gasteiger partial charge in [0.05, 0.1) is 23.4 Å². The first-order valence-corrected chi connectivity index (χ1v) is 9.76. The Labute approximate surface area is 178 Å². The summed E-state index contributed by atoms with van der Waals surface area (Å²) in [6.45, 7) is 1.06. The number of ether oxygens (including phenoxy) is 1. The van der Waals surface area contributed by atoms with Crippen LogP contribution in [-0.2, 0) is 11.3 Å². The topological polar surface area (TPSA) is 78.1 Å². The molecule has 2 aliphatic heterocycles. The molecule has 0 fully saturated rings. The summed E-state index contributed by atoms with van der Waals surface area (Å²) in [5.41, 5.74) is 2.05. The molecule has 8 heteroatoms. The smallest absolute Gasteiger partial charge is 0.282 e. The van der Waals surface area contributed by atoms with Crippen LogP contribution < -0.4 is 10.9 Å². The molecule has 0 atom stereocenters. The quantitative estimate of drug-likeness (QED) is 0.467. The number of hydrogen-bond donors (Lipinski definition) is 1. The Morgan fingerprint density at radius 2 is 1.84 bits per heavy atom. The molecule has 2 aromatic rings. The minimum absolute atomic E-state index is 0.280. The second-order valence-electron chi connectivity index (χ2n) is 7.03. The third-order valence-electron chi connectivity index (χ3n) is 4.84. The fraction of sp³-hybridized carbons (Fsp3) is 0.174. The summed E-state index contributed by atoms with van der Waals surface area (Å²) in [5.74, 6) is -0.679. The normalized spacial score (nSPS) is 11.0. The zero-order valence-corrected chi connectivity index (χ0v) is 16.9. The highest BCUT2D eigenvalue weighted by Crippen LogP contribution is 2.23. The Balaban J connectivity index is 1.80. The lowest BCUT2D eigenvalue weighted by atomic mass is 10.1. The molecule has 31 heavy (non-hydrogen) atoms. The van der Waals surface area contributed by atoms with Gasteiger partial charge >= 0.3 is 0 Å². The molecule has 0 bridgehead atoms. The van der Waals surface area contributed by atoms with Gasteiger partial charge in [0.25, 0.3) is 11.5 Å². The van der Waals surface area contributed by atoms with Gasteiger partial charge in [-0.1, -0.05) is 30.3 Å². The van der Waals surface area contributed by atoms with E-state index in [1.165, 1.54) is 16.8 Å². The summed E-state index contributed by atoms with van der Waals surface area (Å²) >= 11 is 0. The maximum atomic E-state index is 13.2. The van der Waals surface area contributed by atoms with Crippen molar-refractivity contribution in [3.63, 3.8) is 0 Å². The molecule has 0 aliphatic carbocycles. The first-order valence-electron chi connectivity index (χ1n) is 9.76. The number of amides is 1. The van der Waals surface area contributed by atoms with E-state index < -0.39 is 0 Å². The Kier molecular flexibility index (Phi) is 5.90. The number of fused-ring (bicyclic) bond motifs is 1. The number of carbonyl (C=O) groups is 1. The maximum Gasteiger partial charge on any atom is 0.282 e. The second kappa shape index (κ2) is 8.93. The molecule has 4 rings (SSSR count). The van der Waals surface area contributed by atoms with Crippen LogP contribution in [0.1, 0.15) is 15.9 Å². The average Bonchev–Trinajstić information content (AvgIpc) is 3.12. The molecule has 1 amide bonds. The van der Waals surface area contributed by atoms with Gasteiger partial charge in [0.2, 0.25) is 0 Å². The third-order valence-corrected chi connectivity index (χ3v) is 4.84. The molecule has 7 nitrogen and oxygen atoms in total.